The molecule has 1 saturated carbocycles. The average Bonchev–Trinajstić information content (AvgIpc) is 2.96. The summed E-state index contributed by atoms with van der Waals surface area (Å²) in [6.45, 7) is 5.43. The molecule has 0 radical (unpaired) electrons. The molecule has 0 aromatic heterocycles. The predicted molar refractivity (Wildman–Crippen MR) is 86.0 cm³/mol. The Morgan fingerprint density at radius 3 is 2.76 bits per heavy atom. The molecule has 5 heteroatoms. The minimum Gasteiger partial charge on any atom is -0.370 e. The number of hydrogen-bond acceptors (Lipinski definition) is 2. The molecule has 120 valence electrons. The Labute approximate surface area is 128 Å². The maximum atomic E-state index is 11.8. The Hall–Kier alpha value is -1.26. The molecule has 1 heterocycles. The largest absolute Gasteiger partial charge is 0.370 e. The van der Waals surface area contributed by atoms with E-state index in [1.807, 2.05) is 0 Å². The number of carbonyl (C=O) groups excluding carboxylic acids is 1. The van der Waals surface area contributed by atoms with Crippen LogP contribution in [0.2, 0.25) is 0 Å². The van der Waals surface area contributed by atoms with Crippen molar-refractivity contribution in [3.05, 3.63) is 0 Å². The van der Waals surface area contributed by atoms with Crippen LogP contribution in [0.4, 0.5) is 0 Å². The van der Waals surface area contributed by atoms with E-state index in [4.69, 9.17) is 5.73 Å². The molecule has 1 amide bonds. The number of rotatable bonds is 5. The molecule has 5 nitrogen and oxygen atoms in total. The second-order valence-electron chi connectivity index (χ2n) is 6.64. The van der Waals surface area contributed by atoms with Gasteiger partial charge in [0.15, 0.2) is 5.96 Å². The van der Waals surface area contributed by atoms with Crippen LogP contribution in [0.25, 0.3) is 0 Å². The topological polar surface area (TPSA) is 70.7 Å². The summed E-state index contributed by atoms with van der Waals surface area (Å²) in [6, 6.07) is 0. The normalized spacial score (nSPS) is 24.3. The van der Waals surface area contributed by atoms with E-state index in [1.165, 1.54) is 38.5 Å². The predicted octanol–water partition coefficient (Wildman–Crippen LogP) is 1.73. The van der Waals surface area contributed by atoms with Gasteiger partial charge < -0.3 is 16.0 Å². The van der Waals surface area contributed by atoms with Crippen LogP contribution in [-0.2, 0) is 4.79 Å². The fraction of sp³-hybridized carbons (Fsp3) is 0.875. The van der Waals surface area contributed by atoms with Gasteiger partial charge in [0.25, 0.3) is 0 Å². The lowest BCUT2D eigenvalue weighted by Crippen LogP contribution is -2.43. The van der Waals surface area contributed by atoms with Gasteiger partial charge in [-0.25, -0.2) is 0 Å². The van der Waals surface area contributed by atoms with E-state index in [-0.39, 0.29) is 5.91 Å². The van der Waals surface area contributed by atoms with Gasteiger partial charge in [0, 0.05) is 26.1 Å². The second-order valence-corrected chi connectivity index (χ2v) is 6.64. The molecule has 0 aromatic carbocycles. The number of nitrogens with zero attached hydrogens (tertiary/aromatic N) is 2. The van der Waals surface area contributed by atoms with Crippen LogP contribution in [0.3, 0.4) is 0 Å². The number of aliphatic imine (C=N–C) groups is 1. The SMILES string of the molecule is CC1CCCN(C(N)=NCCNC(=O)CC2CCCC2)C1. The smallest absolute Gasteiger partial charge is 0.220 e. The molecule has 1 unspecified atom stereocenters. The van der Waals surface area contributed by atoms with E-state index in [2.05, 4.69) is 22.1 Å². The van der Waals surface area contributed by atoms with Gasteiger partial charge in [-0.3, -0.25) is 9.79 Å². The standard InChI is InChI=1S/C16H30N4O/c1-13-5-4-10-20(12-13)16(17)19-9-8-18-15(21)11-14-6-2-3-7-14/h13-14H,2-12H2,1H3,(H2,17,19)(H,18,21). The molecule has 21 heavy (non-hydrogen) atoms. The quantitative estimate of drug-likeness (QED) is 0.461. The fourth-order valence-corrected chi connectivity index (χ4v) is 3.41. The number of piperidine rings is 1. The average molecular weight is 294 g/mol. The van der Waals surface area contributed by atoms with Crippen LogP contribution in [0.15, 0.2) is 4.99 Å². The Kier molecular flexibility index (Phi) is 6.33. The zero-order chi connectivity index (χ0) is 15.1. The van der Waals surface area contributed by atoms with Gasteiger partial charge in [-0.1, -0.05) is 19.8 Å². The Balaban J connectivity index is 1.61. The van der Waals surface area contributed by atoms with E-state index in [9.17, 15) is 4.79 Å². The van der Waals surface area contributed by atoms with E-state index in [0.29, 0.717) is 37.3 Å². The highest BCUT2D eigenvalue weighted by Crippen LogP contribution is 2.27. The highest BCUT2D eigenvalue weighted by molar-refractivity contribution is 5.78. The molecule has 0 spiro atoms. The molecule has 0 aromatic rings. The number of likely N-dealkylation sites (tertiary alicyclic amines) is 1. The highest BCUT2D eigenvalue weighted by atomic mass is 16.1. The van der Waals surface area contributed by atoms with Crippen molar-refractivity contribution in [1.29, 1.82) is 0 Å². The van der Waals surface area contributed by atoms with Gasteiger partial charge in [0.1, 0.15) is 0 Å². The van der Waals surface area contributed by atoms with E-state index in [0.717, 1.165) is 13.1 Å². The molecular weight excluding hydrogens is 264 g/mol. The highest BCUT2D eigenvalue weighted by Gasteiger charge is 2.18. The molecule has 2 aliphatic rings. The first-order chi connectivity index (χ1) is 10.1. The summed E-state index contributed by atoms with van der Waals surface area (Å²) in [4.78, 5) is 18.3. The first-order valence-corrected chi connectivity index (χ1v) is 8.46. The number of amides is 1. The van der Waals surface area contributed by atoms with Gasteiger partial charge in [-0.2, -0.15) is 0 Å². The fourth-order valence-electron chi connectivity index (χ4n) is 3.41. The lowest BCUT2D eigenvalue weighted by Gasteiger charge is -2.31. The van der Waals surface area contributed by atoms with Crippen LogP contribution in [0.1, 0.15) is 51.9 Å². The maximum absolute atomic E-state index is 11.8. The molecule has 0 bridgehead atoms. The van der Waals surface area contributed by atoms with Gasteiger partial charge >= 0.3 is 0 Å². The lowest BCUT2D eigenvalue weighted by molar-refractivity contribution is -0.121. The van der Waals surface area contributed by atoms with E-state index in [1.54, 1.807) is 0 Å². The zero-order valence-corrected chi connectivity index (χ0v) is 13.3. The van der Waals surface area contributed by atoms with Crippen LogP contribution >= 0.6 is 0 Å². The summed E-state index contributed by atoms with van der Waals surface area (Å²) >= 11 is 0. The van der Waals surface area contributed by atoms with Crippen molar-refractivity contribution in [1.82, 2.24) is 10.2 Å². The Morgan fingerprint density at radius 1 is 1.29 bits per heavy atom. The third-order valence-electron chi connectivity index (χ3n) is 4.64. The van der Waals surface area contributed by atoms with Crippen LogP contribution < -0.4 is 11.1 Å². The van der Waals surface area contributed by atoms with Gasteiger partial charge in [0.05, 0.1) is 6.54 Å². The Bertz CT molecular complexity index is 363. The van der Waals surface area contributed by atoms with Crippen molar-refractivity contribution in [2.45, 2.75) is 51.9 Å². The van der Waals surface area contributed by atoms with Gasteiger partial charge in [0.2, 0.25) is 5.91 Å². The van der Waals surface area contributed by atoms with Gasteiger partial charge in [-0.15, -0.1) is 0 Å². The molecule has 1 aliphatic heterocycles. The van der Waals surface area contributed by atoms with Crippen LogP contribution in [-0.4, -0.2) is 42.9 Å². The molecular formula is C16H30N4O. The van der Waals surface area contributed by atoms with Crippen molar-refractivity contribution in [3.8, 4) is 0 Å². The minimum absolute atomic E-state index is 0.169. The summed E-state index contributed by atoms with van der Waals surface area (Å²) in [5, 5.41) is 2.96. The number of nitrogens with one attached hydrogen (secondary N) is 1. The van der Waals surface area contributed by atoms with Crippen LogP contribution in [0.5, 0.6) is 0 Å². The third-order valence-corrected chi connectivity index (χ3v) is 4.64. The van der Waals surface area contributed by atoms with Crippen molar-refractivity contribution in [3.63, 3.8) is 0 Å². The van der Waals surface area contributed by atoms with Crippen molar-refractivity contribution >= 4 is 11.9 Å². The number of nitrogens with two attached hydrogens (primary N) is 1. The minimum atomic E-state index is 0.169. The molecule has 1 atom stereocenters. The van der Waals surface area contributed by atoms with Crippen molar-refractivity contribution < 1.29 is 4.79 Å². The summed E-state index contributed by atoms with van der Waals surface area (Å²) in [5.41, 5.74) is 6.02. The van der Waals surface area contributed by atoms with E-state index >= 15 is 0 Å². The monoisotopic (exact) mass is 294 g/mol. The van der Waals surface area contributed by atoms with Crippen molar-refractivity contribution in [2.24, 2.45) is 22.6 Å². The van der Waals surface area contributed by atoms with Crippen LogP contribution in [0, 0.1) is 11.8 Å². The first kappa shape index (κ1) is 16.1. The third kappa shape index (κ3) is 5.56. The summed E-state index contributed by atoms with van der Waals surface area (Å²) in [5.74, 6) is 2.10. The second kappa shape index (κ2) is 8.25. The van der Waals surface area contributed by atoms with Gasteiger partial charge in [-0.05, 0) is 37.5 Å². The molecule has 1 aliphatic carbocycles. The van der Waals surface area contributed by atoms with E-state index < -0.39 is 0 Å². The number of hydrogen-bond donors (Lipinski definition) is 2. The zero-order valence-electron chi connectivity index (χ0n) is 13.3. The lowest BCUT2D eigenvalue weighted by atomic mass is 10.0. The maximum Gasteiger partial charge on any atom is 0.220 e. The summed E-state index contributed by atoms with van der Waals surface area (Å²) in [6.07, 6.45) is 8.15. The first-order valence-electron chi connectivity index (χ1n) is 8.46. The number of guanidine groups is 1. The molecule has 3 N–H and O–H groups in total. The van der Waals surface area contributed by atoms with Crippen molar-refractivity contribution in [2.75, 3.05) is 26.2 Å². The molecule has 1 saturated heterocycles. The Morgan fingerprint density at radius 2 is 2.05 bits per heavy atom. The number of carbonyl (C=O) groups is 1. The molecule has 2 fully saturated rings. The molecule has 2 rings (SSSR count). The summed E-state index contributed by atoms with van der Waals surface area (Å²) in [7, 11) is 0. The summed E-state index contributed by atoms with van der Waals surface area (Å²) < 4.78 is 0.